The molecule has 0 saturated carbocycles. The highest BCUT2D eigenvalue weighted by Gasteiger charge is 2.11. The van der Waals surface area contributed by atoms with Crippen LogP contribution < -0.4 is 0 Å². The fourth-order valence-corrected chi connectivity index (χ4v) is 1.79. The van der Waals surface area contributed by atoms with E-state index in [-0.39, 0.29) is 18.0 Å². The number of pyridine rings is 1. The molecule has 4 heteroatoms. The van der Waals surface area contributed by atoms with Crippen molar-refractivity contribution in [2.45, 2.75) is 6.42 Å². The number of carbonyl (C=O) groups excluding carboxylic acids is 1. The standard InChI is InChI=1S/C12H10ClNO2/c13-6-5-10(15)8-3-4-11(16)12-9(8)2-1-7-14-12/h1-4,7,16H,5-6H2. The number of carbonyl (C=O) groups is 1. The van der Waals surface area contributed by atoms with Crippen molar-refractivity contribution in [1.82, 2.24) is 4.98 Å². The molecule has 1 aromatic carbocycles. The van der Waals surface area contributed by atoms with Gasteiger partial charge in [-0.25, -0.2) is 0 Å². The van der Waals surface area contributed by atoms with Crippen LogP contribution in [-0.2, 0) is 0 Å². The molecule has 0 aliphatic rings. The third-order valence-electron chi connectivity index (χ3n) is 2.37. The third kappa shape index (κ3) is 1.86. The lowest BCUT2D eigenvalue weighted by molar-refractivity contribution is 0.0991. The maximum atomic E-state index is 11.8. The number of fused-ring (bicyclic) bond motifs is 1. The lowest BCUT2D eigenvalue weighted by Crippen LogP contribution is -2.01. The number of aromatic nitrogens is 1. The Labute approximate surface area is 97.7 Å². The molecule has 1 aromatic heterocycles. The molecule has 0 fully saturated rings. The van der Waals surface area contributed by atoms with Crippen LogP contribution in [0.1, 0.15) is 16.8 Å². The number of rotatable bonds is 3. The third-order valence-corrected chi connectivity index (χ3v) is 2.56. The second kappa shape index (κ2) is 4.49. The van der Waals surface area contributed by atoms with Crippen LogP contribution in [0.15, 0.2) is 30.5 Å². The van der Waals surface area contributed by atoms with E-state index in [1.807, 2.05) is 0 Å². The number of aromatic hydroxyl groups is 1. The van der Waals surface area contributed by atoms with Crippen LogP contribution in [0.3, 0.4) is 0 Å². The van der Waals surface area contributed by atoms with E-state index < -0.39 is 0 Å². The van der Waals surface area contributed by atoms with Crippen molar-refractivity contribution < 1.29 is 9.90 Å². The number of ketones is 1. The molecule has 0 aliphatic carbocycles. The predicted octanol–water partition coefficient (Wildman–Crippen LogP) is 2.75. The summed E-state index contributed by atoms with van der Waals surface area (Å²) in [6.45, 7) is 0. The molecular formula is C12H10ClNO2. The molecule has 1 N–H and O–H groups in total. The van der Waals surface area contributed by atoms with Crippen molar-refractivity contribution in [2.24, 2.45) is 0 Å². The van der Waals surface area contributed by atoms with Crippen LogP contribution in [0.5, 0.6) is 5.75 Å². The molecule has 82 valence electrons. The normalized spacial score (nSPS) is 10.6. The zero-order chi connectivity index (χ0) is 11.5. The van der Waals surface area contributed by atoms with E-state index in [9.17, 15) is 9.90 Å². The number of phenolic OH excluding ortho intramolecular Hbond substituents is 1. The Bertz CT molecular complexity index is 540. The van der Waals surface area contributed by atoms with Crippen LogP contribution in [0.2, 0.25) is 0 Å². The molecule has 0 amide bonds. The van der Waals surface area contributed by atoms with Crippen molar-refractivity contribution >= 4 is 28.3 Å². The van der Waals surface area contributed by atoms with Gasteiger partial charge in [0.05, 0.1) is 0 Å². The Hall–Kier alpha value is -1.61. The molecule has 0 saturated heterocycles. The Morgan fingerprint density at radius 1 is 1.38 bits per heavy atom. The molecule has 16 heavy (non-hydrogen) atoms. The molecular weight excluding hydrogens is 226 g/mol. The minimum atomic E-state index is -0.0343. The van der Waals surface area contributed by atoms with Gasteiger partial charge in [0, 0.05) is 29.4 Å². The van der Waals surface area contributed by atoms with Gasteiger partial charge in [0.25, 0.3) is 0 Å². The van der Waals surface area contributed by atoms with Gasteiger partial charge in [-0.15, -0.1) is 11.6 Å². The maximum Gasteiger partial charge on any atom is 0.164 e. The first kappa shape index (κ1) is 10.9. The second-order valence-electron chi connectivity index (χ2n) is 3.39. The fourth-order valence-electron chi connectivity index (χ4n) is 1.62. The van der Waals surface area contributed by atoms with Crippen molar-refractivity contribution in [3.05, 3.63) is 36.0 Å². The van der Waals surface area contributed by atoms with Crippen LogP contribution in [0, 0.1) is 0 Å². The van der Waals surface area contributed by atoms with Gasteiger partial charge in [-0.05, 0) is 18.2 Å². The van der Waals surface area contributed by atoms with E-state index in [1.165, 1.54) is 6.07 Å². The average Bonchev–Trinajstić information content (AvgIpc) is 2.30. The average molecular weight is 236 g/mol. The molecule has 3 nitrogen and oxygen atoms in total. The zero-order valence-corrected chi connectivity index (χ0v) is 9.24. The molecule has 1 heterocycles. The predicted molar refractivity (Wildman–Crippen MR) is 63.1 cm³/mol. The summed E-state index contributed by atoms with van der Waals surface area (Å²) < 4.78 is 0. The first-order valence-electron chi connectivity index (χ1n) is 4.90. The summed E-state index contributed by atoms with van der Waals surface area (Å²) in [4.78, 5) is 15.8. The van der Waals surface area contributed by atoms with Gasteiger partial charge in [-0.1, -0.05) is 6.07 Å². The summed E-state index contributed by atoms with van der Waals surface area (Å²) in [6.07, 6.45) is 1.87. The van der Waals surface area contributed by atoms with Gasteiger partial charge in [-0.2, -0.15) is 0 Å². The molecule has 0 atom stereocenters. The molecule has 2 rings (SSSR count). The summed E-state index contributed by atoms with van der Waals surface area (Å²) in [5.74, 6) is 0.340. The van der Waals surface area contributed by atoms with Crippen LogP contribution >= 0.6 is 11.6 Å². The summed E-state index contributed by atoms with van der Waals surface area (Å²) in [5, 5.41) is 10.3. The number of hydrogen-bond donors (Lipinski definition) is 1. The monoisotopic (exact) mass is 235 g/mol. The summed E-state index contributed by atoms with van der Waals surface area (Å²) in [5.41, 5.74) is 1.00. The fraction of sp³-hybridized carbons (Fsp3) is 0.167. The first-order chi connectivity index (χ1) is 7.74. The van der Waals surface area contributed by atoms with Crippen LogP contribution in [-0.4, -0.2) is 21.8 Å². The van der Waals surface area contributed by atoms with E-state index in [2.05, 4.69) is 4.98 Å². The zero-order valence-electron chi connectivity index (χ0n) is 8.48. The van der Waals surface area contributed by atoms with E-state index in [4.69, 9.17) is 11.6 Å². The number of Topliss-reactive ketones (excluding diaryl/α,β-unsaturated/α-hetero) is 1. The second-order valence-corrected chi connectivity index (χ2v) is 3.77. The summed E-state index contributed by atoms with van der Waals surface area (Å²) in [7, 11) is 0. The van der Waals surface area contributed by atoms with E-state index in [1.54, 1.807) is 24.4 Å². The van der Waals surface area contributed by atoms with Gasteiger partial charge in [0.1, 0.15) is 11.3 Å². The lowest BCUT2D eigenvalue weighted by Gasteiger charge is -2.05. The molecule has 0 radical (unpaired) electrons. The molecule has 0 aliphatic heterocycles. The van der Waals surface area contributed by atoms with Crippen molar-refractivity contribution in [3.8, 4) is 5.75 Å². The summed E-state index contributed by atoms with van der Waals surface area (Å²) in [6, 6.07) is 6.59. The van der Waals surface area contributed by atoms with Gasteiger partial charge < -0.3 is 5.11 Å². The number of nitrogens with zero attached hydrogens (tertiary/aromatic N) is 1. The molecule has 0 spiro atoms. The lowest BCUT2D eigenvalue weighted by atomic mass is 10.0. The van der Waals surface area contributed by atoms with E-state index >= 15 is 0 Å². The highest BCUT2D eigenvalue weighted by molar-refractivity contribution is 6.20. The quantitative estimate of drug-likeness (QED) is 0.657. The number of hydrogen-bond acceptors (Lipinski definition) is 3. The molecule has 0 bridgehead atoms. The number of phenols is 1. The first-order valence-corrected chi connectivity index (χ1v) is 5.43. The van der Waals surface area contributed by atoms with Crippen molar-refractivity contribution in [1.29, 1.82) is 0 Å². The minimum Gasteiger partial charge on any atom is -0.506 e. The van der Waals surface area contributed by atoms with Gasteiger partial charge >= 0.3 is 0 Å². The number of halogens is 1. The largest absolute Gasteiger partial charge is 0.506 e. The maximum absolute atomic E-state index is 11.8. The smallest absolute Gasteiger partial charge is 0.164 e. The molecule has 2 aromatic rings. The van der Waals surface area contributed by atoms with E-state index in [0.29, 0.717) is 22.3 Å². The highest BCUT2D eigenvalue weighted by Crippen LogP contribution is 2.26. The van der Waals surface area contributed by atoms with Crippen LogP contribution in [0.4, 0.5) is 0 Å². The molecule has 0 unspecified atom stereocenters. The van der Waals surface area contributed by atoms with Gasteiger partial charge in [0.15, 0.2) is 5.78 Å². The van der Waals surface area contributed by atoms with E-state index in [0.717, 1.165) is 0 Å². The van der Waals surface area contributed by atoms with Crippen molar-refractivity contribution in [2.75, 3.05) is 5.88 Å². The number of benzene rings is 1. The van der Waals surface area contributed by atoms with Gasteiger partial charge in [-0.3, -0.25) is 9.78 Å². The Morgan fingerprint density at radius 3 is 2.94 bits per heavy atom. The highest BCUT2D eigenvalue weighted by atomic mass is 35.5. The summed E-state index contributed by atoms with van der Waals surface area (Å²) >= 11 is 5.54. The van der Waals surface area contributed by atoms with Crippen LogP contribution in [0.25, 0.3) is 10.9 Å². The van der Waals surface area contributed by atoms with Crippen molar-refractivity contribution in [3.63, 3.8) is 0 Å². The topological polar surface area (TPSA) is 50.2 Å². The Morgan fingerprint density at radius 2 is 2.19 bits per heavy atom. The Balaban J connectivity index is 2.63. The number of alkyl halides is 1. The SMILES string of the molecule is O=C(CCCl)c1ccc(O)c2ncccc12. The minimum absolute atomic E-state index is 0.0343. The Kier molecular flexibility index (Phi) is 3.06. The van der Waals surface area contributed by atoms with Gasteiger partial charge in [0.2, 0.25) is 0 Å².